The van der Waals surface area contributed by atoms with Gasteiger partial charge in [-0.2, -0.15) is 0 Å². The molecule has 0 bridgehead atoms. The number of carbonyl (C=O) groups excluding carboxylic acids is 1. The van der Waals surface area contributed by atoms with E-state index in [1.165, 1.54) is 0 Å². The standard InChI is InChI=1S/C15H16N2O3S/c1-8-4-6-11(7-5-8)13(18)16-10(3)14-17-9(2)12(21-14)15(19)20/h4-7,10H,1-3H3,(H,16,18)(H,19,20). The quantitative estimate of drug-likeness (QED) is 0.910. The number of nitrogens with one attached hydrogen (secondary N) is 1. The molecule has 1 atom stereocenters. The number of hydrogen-bond donors (Lipinski definition) is 2. The molecule has 5 nitrogen and oxygen atoms in total. The lowest BCUT2D eigenvalue weighted by atomic mass is 10.1. The minimum absolute atomic E-state index is 0.202. The van der Waals surface area contributed by atoms with E-state index in [1.807, 2.05) is 19.1 Å². The maximum absolute atomic E-state index is 12.1. The first-order valence-electron chi connectivity index (χ1n) is 6.46. The molecule has 0 aliphatic carbocycles. The second kappa shape index (κ2) is 6.05. The smallest absolute Gasteiger partial charge is 0.347 e. The maximum atomic E-state index is 12.1. The highest BCUT2D eigenvalue weighted by atomic mass is 32.1. The van der Waals surface area contributed by atoms with Crippen LogP contribution in [0, 0.1) is 13.8 Å². The molecule has 6 heteroatoms. The summed E-state index contributed by atoms with van der Waals surface area (Å²) in [6.07, 6.45) is 0. The Morgan fingerprint density at radius 1 is 1.24 bits per heavy atom. The third kappa shape index (κ3) is 3.46. The number of carboxylic acids is 1. The fourth-order valence-electron chi connectivity index (χ4n) is 1.85. The lowest BCUT2D eigenvalue weighted by molar-refractivity contribution is 0.0701. The number of benzene rings is 1. The molecule has 0 fully saturated rings. The number of rotatable bonds is 4. The zero-order chi connectivity index (χ0) is 15.6. The van der Waals surface area contributed by atoms with Gasteiger partial charge in [0, 0.05) is 5.56 Å². The molecule has 1 heterocycles. The number of amides is 1. The highest BCUT2D eigenvalue weighted by molar-refractivity contribution is 7.13. The lowest BCUT2D eigenvalue weighted by Gasteiger charge is -2.11. The van der Waals surface area contributed by atoms with E-state index in [2.05, 4.69) is 10.3 Å². The van der Waals surface area contributed by atoms with Crippen LogP contribution < -0.4 is 5.32 Å². The van der Waals surface area contributed by atoms with Crippen molar-refractivity contribution < 1.29 is 14.7 Å². The Balaban J connectivity index is 2.12. The average molecular weight is 304 g/mol. The number of nitrogens with zero attached hydrogens (tertiary/aromatic N) is 1. The second-order valence-corrected chi connectivity index (χ2v) is 5.86. The lowest BCUT2D eigenvalue weighted by Crippen LogP contribution is -2.26. The molecule has 2 aromatic rings. The fraction of sp³-hybridized carbons (Fsp3) is 0.267. The van der Waals surface area contributed by atoms with Crippen LogP contribution in [0.1, 0.15) is 49.3 Å². The number of aromatic nitrogens is 1. The number of aryl methyl sites for hydroxylation is 2. The summed E-state index contributed by atoms with van der Waals surface area (Å²) in [5.74, 6) is -1.19. The van der Waals surface area contributed by atoms with Crippen LogP contribution in [0.4, 0.5) is 0 Å². The Labute approximate surface area is 126 Å². The Hall–Kier alpha value is -2.21. The second-order valence-electron chi connectivity index (χ2n) is 4.83. The zero-order valence-electron chi connectivity index (χ0n) is 12.0. The maximum Gasteiger partial charge on any atom is 0.347 e. The van der Waals surface area contributed by atoms with E-state index in [-0.39, 0.29) is 16.8 Å². The van der Waals surface area contributed by atoms with Crippen LogP contribution in [0.15, 0.2) is 24.3 Å². The van der Waals surface area contributed by atoms with Gasteiger partial charge in [0.25, 0.3) is 5.91 Å². The Morgan fingerprint density at radius 3 is 2.38 bits per heavy atom. The first-order valence-corrected chi connectivity index (χ1v) is 7.28. The van der Waals surface area contributed by atoms with Crippen molar-refractivity contribution in [1.82, 2.24) is 10.3 Å². The number of carboxylic acid groups (broad SMARTS) is 1. The van der Waals surface area contributed by atoms with Gasteiger partial charge in [-0.1, -0.05) is 17.7 Å². The van der Waals surface area contributed by atoms with E-state index in [0.29, 0.717) is 16.3 Å². The summed E-state index contributed by atoms with van der Waals surface area (Å²) >= 11 is 1.09. The summed E-state index contributed by atoms with van der Waals surface area (Å²) in [6, 6.07) is 6.92. The van der Waals surface area contributed by atoms with Gasteiger partial charge in [-0.15, -0.1) is 11.3 Å². The first kappa shape index (κ1) is 15.2. The largest absolute Gasteiger partial charge is 0.477 e. The SMILES string of the molecule is Cc1ccc(C(=O)NC(C)c2nc(C)c(C(=O)O)s2)cc1. The molecular formula is C15H16N2O3S. The van der Waals surface area contributed by atoms with Gasteiger partial charge in [-0.05, 0) is 32.9 Å². The summed E-state index contributed by atoms with van der Waals surface area (Å²) in [7, 11) is 0. The van der Waals surface area contributed by atoms with Crippen LogP contribution >= 0.6 is 11.3 Å². The molecule has 110 valence electrons. The number of aromatic carboxylic acids is 1. The normalized spacial score (nSPS) is 12.0. The summed E-state index contributed by atoms with van der Waals surface area (Å²) in [5.41, 5.74) is 2.12. The van der Waals surface area contributed by atoms with Crippen LogP contribution in [0.25, 0.3) is 0 Å². The summed E-state index contributed by atoms with van der Waals surface area (Å²) < 4.78 is 0. The van der Waals surface area contributed by atoms with Crippen molar-refractivity contribution in [3.05, 3.63) is 51.0 Å². The average Bonchev–Trinajstić information content (AvgIpc) is 2.81. The van der Waals surface area contributed by atoms with Crippen molar-refractivity contribution in [2.24, 2.45) is 0 Å². The molecule has 0 saturated carbocycles. The predicted molar refractivity (Wildman–Crippen MR) is 80.9 cm³/mol. The van der Waals surface area contributed by atoms with Gasteiger partial charge in [0.15, 0.2) is 0 Å². The van der Waals surface area contributed by atoms with Crippen molar-refractivity contribution in [2.75, 3.05) is 0 Å². The summed E-state index contributed by atoms with van der Waals surface area (Å²) in [6.45, 7) is 5.39. The van der Waals surface area contributed by atoms with Gasteiger partial charge < -0.3 is 10.4 Å². The highest BCUT2D eigenvalue weighted by Crippen LogP contribution is 2.23. The van der Waals surface area contributed by atoms with Crippen LogP contribution in [0.2, 0.25) is 0 Å². The molecular weight excluding hydrogens is 288 g/mol. The van der Waals surface area contributed by atoms with E-state index in [9.17, 15) is 9.59 Å². The minimum Gasteiger partial charge on any atom is -0.477 e. The van der Waals surface area contributed by atoms with Crippen molar-refractivity contribution in [3.8, 4) is 0 Å². The molecule has 1 unspecified atom stereocenters. The predicted octanol–water partition coefficient (Wildman–Crippen LogP) is 2.95. The van der Waals surface area contributed by atoms with Crippen LogP contribution in [0.3, 0.4) is 0 Å². The molecule has 0 aliphatic rings. The van der Waals surface area contributed by atoms with E-state index < -0.39 is 5.97 Å². The number of thiazole rings is 1. The van der Waals surface area contributed by atoms with Gasteiger partial charge >= 0.3 is 5.97 Å². The molecule has 1 aromatic carbocycles. The monoisotopic (exact) mass is 304 g/mol. The third-order valence-corrected chi connectivity index (χ3v) is 4.37. The molecule has 2 N–H and O–H groups in total. The van der Waals surface area contributed by atoms with Crippen molar-refractivity contribution >= 4 is 23.2 Å². The Bertz CT molecular complexity index is 677. The molecule has 0 aliphatic heterocycles. The van der Waals surface area contributed by atoms with Gasteiger partial charge in [-0.3, -0.25) is 4.79 Å². The molecule has 21 heavy (non-hydrogen) atoms. The first-order chi connectivity index (χ1) is 9.88. The topological polar surface area (TPSA) is 79.3 Å². The zero-order valence-corrected chi connectivity index (χ0v) is 12.8. The highest BCUT2D eigenvalue weighted by Gasteiger charge is 2.19. The van der Waals surface area contributed by atoms with Crippen LogP contribution in [-0.4, -0.2) is 22.0 Å². The molecule has 0 radical (unpaired) electrons. The van der Waals surface area contributed by atoms with Crippen molar-refractivity contribution in [2.45, 2.75) is 26.8 Å². The number of carbonyl (C=O) groups is 2. The van der Waals surface area contributed by atoms with Gasteiger partial charge in [0.1, 0.15) is 9.88 Å². The van der Waals surface area contributed by atoms with Crippen LogP contribution in [-0.2, 0) is 0 Å². The van der Waals surface area contributed by atoms with Gasteiger partial charge in [-0.25, -0.2) is 9.78 Å². The number of hydrogen-bond acceptors (Lipinski definition) is 4. The van der Waals surface area contributed by atoms with Crippen LogP contribution in [0.5, 0.6) is 0 Å². The minimum atomic E-state index is -0.992. The summed E-state index contributed by atoms with van der Waals surface area (Å²) in [5, 5.41) is 12.4. The van der Waals surface area contributed by atoms with E-state index in [0.717, 1.165) is 16.9 Å². The molecule has 1 aromatic heterocycles. The fourth-order valence-corrected chi connectivity index (χ4v) is 2.76. The van der Waals surface area contributed by atoms with E-state index >= 15 is 0 Å². The molecule has 1 amide bonds. The van der Waals surface area contributed by atoms with E-state index in [1.54, 1.807) is 26.0 Å². The van der Waals surface area contributed by atoms with Crippen molar-refractivity contribution in [1.29, 1.82) is 0 Å². The third-order valence-electron chi connectivity index (χ3n) is 3.04. The summed E-state index contributed by atoms with van der Waals surface area (Å²) in [4.78, 5) is 27.6. The Kier molecular flexibility index (Phi) is 4.37. The molecule has 0 spiro atoms. The van der Waals surface area contributed by atoms with Gasteiger partial charge in [0.2, 0.25) is 0 Å². The van der Waals surface area contributed by atoms with Gasteiger partial charge in [0.05, 0.1) is 11.7 Å². The molecule has 2 rings (SSSR count). The molecule has 0 saturated heterocycles. The Morgan fingerprint density at radius 2 is 1.86 bits per heavy atom. The van der Waals surface area contributed by atoms with Crippen molar-refractivity contribution in [3.63, 3.8) is 0 Å². The van der Waals surface area contributed by atoms with E-state index in [4.69, 9.17) is 5.11 Å².